The summed E-state index contributed by atoms with van der Waals surface area (Å²) in [6, 6.07) is 4.28. The van der Waals surface area contributed by atoms with Crippen LogP contribution in [0.4, 0.5) is 18.9 Å². The Morgan fingerprint density at radius 2 is 1.92 bits per heavy atom. The van der Waals surface area contributed by atoms with Gasteiger partial charge in [0.2, 0.25) is 0 Å². The fraction of sp³-hybridized carbons (Fsp3) is 0.438. The number of aryl methyl sites for hydroxylation is 1. The maximum absolute atomic E-state index is 12.8. The van der Waals surface area contributed by atoms with Crippen molar-refractivity contribution in [2.45, 2.75) is 49.7 Å². The third-order valence-corrected chi connectivity index (χ3v) is 5.79. The fourth-order valence-electron chi connectivity index (χ4n) is 3.05. The van der Waals surface area contributed by atoms with Crippen molar-refractivity contribution in [2.24, 2.45) is 0 Å². The Labute approximate surface area is 143 Å². The first kappa shape index (κ1) is 17.8. The third kappa shape index (κ3) is 3.81. The molecule has 1 fully saturated rings. The lowest BCUT2D eigenvalue weighted by molar-refractivity contribution is -0.137. The molecule has 1 N–H and O–H groups in total. The molecule has 3 rings (SSSR count). The third-order valence-electron chi connectivity index (χ3n) is 4.30. The predicted molar refractivity (Wildman–Crippen MR) is 86.7 cm³/mol. The zero-order valence-electron chi connectivity index (χ0n) is 13.5. The lowest BCUT2D eigenvalue weighted by atomic mass is 10.2. The van der Waals surface area contributed by atoms with E-state index in [1.807, 2.05) is 0 Å². The van der Waals surface area contributed by atoms with E-state index >= 15 is 0 Å². The number of hydrogen-bond acceptors (Lipinski definition) is 3. The van der Waals surface area contributed by atoms with Crippen LogP contribution in [0.15, 0.2) is 35.4 Å². The fourth-order valence-corrected chi connectivity index (χ4v) is 4.28. The van der Waals surface area contributed by atoms with Gasteiger partial charge in [-0.1, -0.05) is 18.9 Å². The molecule has 136 valence electrons. The number of rotatable bonds is 4. The molecular weight excluding hydrogens is 355 g/mol. The Morgan fingerprint density at radius 1 is 1.24 bits per heavy atom. The van der Waals surface area contributed by atoms with Crippen molar-refractivity contribution in [1.29, 1.82) is 0 Å². The Kier molecular flexibility index (Phi) is 4.52. The number of hydrogen-bond donors (Lipinski definition) is 1. The largest absolute Gasteiger partial charge is 0.416 e. The van der Waals surface area contributed by atoms with E-state index in [4.69, 9.17) is 0 Å². The first-order valence-electron chi connectivity index (χ1n) is 7.93. The van der Waals surface area contributed by atoms with E-state index < -0.39 is 21.8 Å². The average Bonchev–Trinajstić information content (AvgIpc) is 3.15. The van der Waals surface area contributed by atoms with Gasteiger partial charge < -0.3 is 0 Å². The summed E-state index contributed by atoms with van der Waals surface area (Å²) in [5.74, 6) is 0. The van der Waals surface area contributed by atoms with Crippen molar-refractivity contribution < 1.29 is 21.6 Å². The minimum absolute atomic E-state index is 0.0168. The first-order chi connectivity index (χ1) is 11.7. The molecular formula is C16H18F3N3O2S. The standard InChI is InChI=1S/C16H18F3N3O2S/c1-11-15(10-22(20-11)14-7-2-3-8-14)25(23,24)21-13-6-4-5-12(9-13)16(17,18)19/h4-6,9-10,14,21H,2-3,7-8H2,1H3. The number of aromatic nitrogens is 2. The second-order valence-corrected chi connectivity index (χ2v) is 7.83. The van der Waals surface area contributed by atoms with Crippen molar-refractivity contribution in [3.05, 3.63) is 41.7 Å². The molecule has 0 amide bonds. The van der Waals surface area contributed by atoms with Gasteiger partial charge in [0.15, 0.2) is 0 Å². The Bertz CT molecular complexity index is 869. The lowest BCUT2D eigenvalue weighted by Crippen LogP contribution is -2.14. The van der Waals surface area contributed by atoms with E-state index in [9.17, 15) is 21.6 Å². The molecule has 1 aliphatic carbocycles. The number of nitrogens with one attached hydrogen (secondary N) is 1. The summed E-state index contributed by atoms with van der Waals surface area (Å²) in [4.78, 5) is -0.0168. The molecule has 1 aromatic heterocycles. The molecule has 0 aliphatic heterocycles. The summed E-state index contributed by atoms with van der Waals surface area (Å²) < 4.78 is 67.3. The molecule has 1 aliphatic rings. The molecule has 0 spiro atoms. The van der Waals surface area contributed by atoms with Gasteiger partial charge >= 0.3 is 6.18 Å². The Balaban J connectivity index is 1.87. The van der Waals surface area contributed by atoms with E-state index in [1.54, 1.807) is 11.6 Å². The molecule has 0 bridgehead atoms. The lowest BCUT2D eigenvalue weighted by Gasteiger charge is -2.11. The Morgan fingerprint density at radius 3 is 2.56 bits per heavy atom. The Hall–Kier alpha value is -2.03. The summed E-state index contributed by atoms with van der Waals surface area (Å²) in [7, 11) is -4.02. The highest BCUT2D eigenvalue weighted by Gasteiger charge is 2.31. The molecule has 0 saturated heterocycles. The summed E-state index contributed by atoms with van der Waals surface area (Å²) >= 11 is 0. The normalized spacial score (nSPS) is 16.3. The van der Waals surface area contributed by atoms with Gasteiger partial charge in [-0.15, -0.1) is 0 Å². The van der Waals surface area contributed by atoms with Crippen LogP contribution in [0.2, 0.25) is 0 Å². The van der Waals surface area contributed by atoms with Gasteiger partial charge in [-0.25, -0.2) is 8.42 Å². The van der Waals surface area contributed by atoms with Gasteiger partial charge in [0.05, 0.1) is 17.3 Å². The highest BCUT2D eigenvalue weighted by molar-refractivity contribution is 7.92. The van der Waals surface area contributed by atoms with E-state index in [1.165, 1.54) is 12.3 Å². The predicted octanol–water partition coefficient (Wildman–Crippen LogP) is 4.13. The van der Waals surface area contributed by atoms with Crippen LogP contribution in [0, 0.1) is 6.92 Å². The second kappa shape index (κ2) is 6.36. The topological polar surface area (TPSA) is 64.0 Å². The van der Waals surface area contributed by atoms with Gasteiger partial charge in [-0.05, 0) is 38.0 Å². The molecule has 5 nitrogen and oxygen atoms in total. The van der Waals surface area contributed by atoms with Crippen molar-refractivity contribution in [3.8, 4) is 0 Å². The molecule has 2 aromatic rings. The number of sulfonamides is 1. The highest BCUT2D eigenvalue weighted by atomic mass is 32.2. The van der Waals surface area contributed by atoms with Gasteiger partial charge in [0.1, 0.15) is 4.90 Å². The summed E-state index contributed by atoms with van der Waals surface area (Å²) in [5, 5.41) is 4.27. The van der Waals surface area contributed by atoms with Crippen molar-refractivity contribution in [3.63, 3.8) is 0 Å². The maximum atomic E-state index is 12.8. The quantitative estimate of drug-likeness (QED) is 0.877. The van der Waals surface area contributed by atoms with Crippen LogP contribution >= 0.6 is 0 Å². The van der Waals surface area contributed by atoms with E-state index in [0.29, 0.717) is 5.69 Å². The number of halogens is 3. The SMILES string of the molecule is Cc1nn(C2CCCC2)cc1S(=O)(=O)Nc1cccc(C(F)(F)F)c1. The van der Waals surface area contributed by atoms with Crippen LogP contribution in [0.1, 0.15) is 43.0 Å². The van der Waals surface area contributed by atoms with E-state index in [0.717, 1.165) is 43.9 Å². The molecule has 0 atom stereocenters. The van der Waals surface area contributed by atoms with Crippen LogP contribution in [-0.4, -0.2) is 18.2 Å². The van der Waals surface area contributed by atoms with E-state index in [-0.39, 0.29) is 16.6 Å². The van der Waals surface area contributed by atoms with Crippen LogP contribution < -0.4 is 4.72 Å². The molecule has 0 unspecified atom stereocenters. The number of nitrogens with zero attached hydrogens (tertiary/aromatic N) is 2. The monoisotopic (exact) mass is 373 g/mol. The van der Waals surface area contributed by atoms with Crippen molar-refractivity contribution in [1.82, 2.24) is 9.78 Å². The molecule has 1 saturated carbocycles. The number of anilines is 1. The van der Waals surface area contributed by atoms with Crippen LogP contribution in [0.25, 0.3) is 0 Å². The number of benzene rings is 1. The molecule has 1 aromatic carbocycles. The van der Waals surface area contributed by atoms with Crippen LogP contribution in [-0.2, 0) is 16.2 Å². The molecule has 1 heterocycles. The smallest absolute Gasteiger partial charge is 0.280 e. The van der Waals surface area contributed by atoms with Crippen molar-refractivity contribution >= 4 is 15.7 Å². The molecule has 9 heteroatoms. The van der Waals surface area contributed by atoms with Gasteiger partial charge in [0.25, 0.3) is 10.0 Å². The zero-order valence-corrected chi connectivity index (χ0v) is 14.4. The zero-order chi connectivity index (χ0) is 18.2. The van der Waals surface area contributed by atoms with Crippen LogP contribution in [0.5, 0.6) is 0 Å². The molecule has 25 heavy (non-hydrogen) atoms. The van der Waals surface area contributed by atoms with E-state index in [2.05, 4.69) is 9.82 Å². The van der Waals surface area contributed by atoms with Gasteiger partial charge in [0, 0.05) is 11.9 Å². The second-order valence-electron chi connectivity index (χ2n) is 6.18. The maximum Gasteiger partial charge on any atom is 0.416 e. The number of alkyl halides is 3. The first-order valence-corrected chi connectivity index (χ1v) is 9.41. The highest BCUT2D eigenvalue weighted by Crippen LogP contribution is 2.32. The summed E-state index contributed by atoms with van der Waals surface area (Å²) in [6.07, 6.45) is 0.970. The molecule has 0 radical (unpaired) electrons. The summed E-state index contributed by atoms with van der Waals surface area (Å²) in [6.45, 7) is 1.58. The van der Waals surface area contributed by atoms with Crippen molar-refractivity contribution in [2.75, 3.05) is 4.72 Å². The minimum atomic E-state index is -4.54. The average molecular weight is 373 g/mol. The summed E-state index contributed by atoms with van der Waals surface area (Å²) in [5.41, 5.74) is -0.722. The minimum Gasteiger partial charge on any atom is -0.280 e. The van der Waals surface area contributed by atoms with Gasteiger partial charge in [-0.2, -0.15) is 18.3 Å². The van der Waals surface area contributed by atoms with Gasteiger partial charge in [-0.3, -0.25) is 9.40 Å². The van der Waals surface area contributed by atoms with Crippen LogP contribution in [0.3, 0.4) is 0 Å².